The van der Waals surface area contributed by atoms with Gasteiger partial charge in [-0.2, -0.15) is 0 Å². The lowest BCUT2D eigenvalue weighted by molar-refractivity contribution is 0.660. The maximum absolute atomic E-state index is 2.59. The maximum atomic E-state index is 2.59. The molecule has 1 unspecified atom stereocenters. The van der Waals surface area contributed by atoms with Crippen molar-refractivity contribution in [3.8, 4) is 44.5 Å². The van der Waals surface area contributed by atoms with Crippen molar-refractivity contribution >= 4 is 38.6 Å². The Labute approximate surface area is 364 Å². The third-order valence-electron chi connectivity index (χ3n) is 14.1. The first kappa shape index (κ1) is 36.4. The van der Waals surface area contributed by atoms with Crippen molar-refractivity contribution in [1.82, 2.24) is 0 Å². The standard InChI is InChI=1S/C61H45N/c1-60(2)53-32-18-17-28-48(53)49-36-34-43(38-55(49)60)62(59-51-30-16-14-27-47(51)46-26-13-15-29-50(46)57(59)41-22-9-5-10-23-41)44-35-37-52-56(39-44)61(3,42-24-11-6-12-25-42)54-33-19-31-45(58(52)54)40-20-7-4-8-21-40/h4-39H,1-3H3. The fraction of sp³-hybridized carbons (Fsp3) is 0.0820. The average molecular weight is 792 g/mol. The molecule has 1 atom stereocenters. The number of rotatable bonds is 6. The molecule has 0 radical (unpaired) electrons. The molecule has 10 aromatic rings. The predicted octanol–water partition coefficient (Wildman–Crippen LogP) is 16.4. The highest BCUT2D eigenvalue weighted by molar-refractivity contribution is 6.22. The van der Waals surface area contributed by atoms with E-state index in [-0.39, 0.29) is 5.41 Å². The van der Waals surface area contributed by atoms with Gasteiger partial charge < -0.3 is 4.90 Å². The van der Waals surface area contributed by atoms with Gasteiger partial charge >= 0.3 is 0 Å². The molecule has 0 N–H and O–H groups in total. The zero-order chi connectivity index (χ0) is 41.6. The van der Waals surface area contributed by atoms with E-state index in [9.17, 15) is 0 Å². The van der Waals surface area contributed by atoms with Crippen LogP contribution in [0.4, 0.5) is 17.1 Å². The van der Waals surface area contributed by atoms with Gasteiger partial charge in [0.05, 0.1) is 5.69 Å². The Kier molecular flexibility index (Phi) is 8.08. The summed E-state index contributed by atoms with van der Waals surface area (Å²) < 4.78 is 0. The maximum Gasteiger partial charge on any atom is 0.0624 e. The van der Waals surface area contributed by atoms with Crippen molar-refractivity contribution in [1.29, 1.82) is 0 Å². The summed E-state index contributed by atoms with van der Waals surface area (Å²) in [6.07, 6.45) is 0. The largest absolute Gasteiger partial charge is 0.309 e. The molecule has 0 fully saturated rings. The van der Waals surface area contributed by atoms with Crippen LogP contribution in [0.2, 0.25) is 0 Å². The van der Waals surface area contributed by atoms with Crippen LogP contribution in [0.3, 0.4) is 0 Å². The molecule has 0 aromatic heterocycles. The van der Waals surface area contributed by atoms with Crippen molar-refractivity contribution in [2.75, 3.05) is 4.90 Å². The second-order valence-electron chi connectivity index (χ2n) is 17.7. The minimum absolute atomic E-state index is 0.166. The highest BCUT2D eigenvalue weighted by Gasteiger charge is 2.43. The first-order valence-corrected chi connectivity index (χ1v) is 21.9. The van der Waals surface area contributed by atoms with Gasteiger partial charge in [0.2, 0.25) is 0 Å². The van der Waals surface area contributed by atoms with Gasteiger partial charge in [-0.15, -0.1) is 0 Å². The minimum Gasteiger partial charge on any atom is -0.309 e. The van der Waals surface area contributed by atoms with Gasteiger partial charge in [0, 0.05) is 33.2 Å². The molecule has 12 rings (SSSR count). The first-order valence-electron chi connectivity index (χ1n) is 21.9. The van der Waals surface area contributed by atoms with Crippen molar-refractivity contribution in [2.24, 2.45) is 0 Å². The van der Waals surface area contributed by atoms with E-state index in [0.29, 0.717) is 0 Å². The summed E-state index contributed by atoms with van der Waals surface area (Å²) in [4.78, 5) is 2.59. The molecule has 10 aromatic carbocycles. The van der Waals surface area contributed by atoms with E-state index in [1.54, 1.807) is 0 Å². The van der Waals surface area contributed by atoms with E-state index in [0.717, 1.165) is 11.4 Å². The minimum atomic E-state index is -0.409. The Morgan fingerprint density at radius 2 is 0.823 bits per heavy atom. The molecule has 2 aliphatic rings. The Morgan fingerprint density at radius 1 is 0.323 bits per heavy atom. The van der Waals surface area contributed by atoms with Gasteiger partial charge in [-0.3, -0.25) is 0 Å². The van der Waals surface area contributed by atoms with Crippen LogP contribution >= 0.6 is 0 Å². The Balaban J connectivity index is 1.20. The summed E-state index contributed by atoms with van der Waals surface area (Å²) in [6, 6.07) is 81.4. The quantitative estimate of drug-likeness (QED) is 0.152. The molecule has 1 heteroatoms. The molecule has 1 nitrogen and oxygen atoms in total. The van der Waals surface area contributed by atoms with Crippen molar-refractivity contribution in [3.63, 3.8) is 0 Å². The Hall–Kier alpha value is -7.48. The van der Waals surface area contributed by atoms with Gasteiger partial charge in [-0.1, -0.05) is 208 Å². The fourth-order valence-corrected chi connectivity index (χ4v) is 11.1. The molecular formula is C61H45N. The summed E-state index contributed by atoms with van der Waals surface area (Å²) in [5.74, 6) is 0. The molecule has 2 aliphatic carbocycles. The number of anilines is 3. The number of hydrogen-bond acceptors (Lipinski definition) is 1. The van der Waals surface area contributed by atoms with E-state index in [4.69, 9.17) is 0 Å². The van der Waals surface area contributed by atoms with Gasteiger partial charge in [0.1, 0.15) is 0 Å². The summed E-state index contributed by atoms with van der Waals surface area (Å²) in [5, 5.41) is 4.95. The highest BCUT2D eigenvalue weighted by atomic mass is 15.1. The van der Waals surface area contributed by atoms with E-state index >= 15 is 0 Å². The number of fused-ring (bicyclic) bond motifs is 9. The summed E-state index contributed by atoms with van der Waals surface area (Å²) in [7, 11) is 0. The fourth-order valence-electron chi connectivity index (χ4n) is 11.1. The zero-order valence-electron chi connectivity index (χ0n) is 35.2. The second kappa shape index (κ2) is 13.8. The molecule has 0 saturated carbocycles. The molecule has 0 saturated heterocycles. The molecule has 0 heterocycles. The van der Waals surface area contributed by atoms with Crippen molar-refractivity contribution in [3.05, 3.63) is 246 Å². The predicted molar refractivity (Wildman–Crippen MR) is 262 cm³/mol. The van der Waals surface area contributed by atoms with Crippen LogP contribution in [0.1, 0.15) is 48.6 Å². The van der Waals surface area contributed by atoms with E-state index < -0.39 is 5.41 Å². The van der Waals surface area contributed by atoms with Crippen LogP contribution in [-0.4, -0.2) is 0 Å². The first-order chi connectivity index (χ1) is 30.4. The van der Waals surface area contributed by atoms with Gasteiger partial charge in [-0.25, -0.2) is 0 Å². The van der Waals surface area contributed by atoms with Crippen LogP contribution < -0.4 is 4.90 Å². The molecule has 0 spiro atoms. The summed E-state index contributed by atoms with van der Waals surface area (Å²) >= 11 is 0. The normalized spacial score (nSPS) is 15.5. The summed E-state index contributed by atoms with van der Waals surface area (Å²) in [5.41, 5.74) is 19.7. The average Bonchev–Trinajstić information content (AvgIpc) is 3.73. The van der Waals surface area contributed by atoms with Gasteiger partial charge in [0.25, 0.3) is 0 Å². The third-order valence-corrected chi connectivity index (χ3v) is 14.1. The molecule has 0 bridgehead atoms. The molecule has 62 heavy (non-hydrogen) atoms. The van der Waals surface area contributed by atoms with Crippen LogP contribution in [0.25, 0.3) is 66.1 Å². The topological polar surface area (TPSA) is 3.24 Å². The molecule has 294 valence electrons. The number of nitrogens with zero attached hydrogens (tertiary/aromatic N) is 1. The SMILES string of the molecule is CC1(C)c2ccccc2-c2ccc(N(c3ccc4c(c3)C(C)(c3ccccc3)c3cccc(-c5ccccc5)c3-4)c3c(-c4ccccc4)c4ccccc4c4ccccc34)cc21. The van der Waals surface area contributed by atoms with E-state index in [2.05, 4.69) is 244 Å². The van der Waals surface area contributed by atoms with E-state index in [1.165, 1.54) is 99.6 Å². The second-order valence-corrected chi connectivity index (χ2v) is 17.7. The Morgan fingerprint density at radius 3 is 1.53 bits per heavy atom. The van der Waals surface area contributed by atoms with Crippen LogP contribution in [0, 0.1) is 0 Å². The molecular weight excluding hydrogens is 747 g/mol. The smallest absolute Gasteiger partial charge is 0.0624 e. The molecule has 0 aliphatic heterocycles. The monoisotopic (exact) mass is 791 g/mol. The lowest BCUT2D eigenvalue weighted by atomic mass is 9.74. The van der Waals surface area contributed by atoms with E-state index in [1.807, 2.05) is 0 Å². The van der Waals surface area contributed by atoms with Crippen LogP contribution in [0.15, 0.2) is 218 Å². The third kappa shape index (κ3) is 5.21. The van der Waals surface area contributed by atoms with Crippen molar-refractivity contribution in [2.45, 2.75) is 31.6 Å². The highest BCUT2D eigenvalue weighted by Crippen LogP contribution is 2.58. The van der Waals surface area contributed by atoms with Crippen LogP contribution in [-0.2, 0) is 10.8 Å². The zero-order valence-corrected chi connectivity index (χ0v) is 35.2. The summed E-state index contributed by atoms with van der Waals surface area (Å²) in [6.45, 7) is 7.20. The van der Waals surface area contributed by atoms with Crippen molar-refractivity contribution < 1.29 is 0 Å². The van der Waals surface area contributed by atoms with Gasteiger partial charge in [-0.05, 0) is 114 Å². The lowest BCUT2D eigenvalue weighted by Crippen LogP contribution is -2.23. The van der Waals surface area contributed by atoms with Crippen LogP contribution in [0.5, 0.6) is 0 Å². The lowest BCUT2D eigenvalue weighted by Gasteiger charge is -2.33. The number of hydrogen-bond donors (Lipinski definition) is 0. The Bertz CT molecular complexity index is 3380. The molecule has 0 amide bonds. The van der Waals surface area contributed by atoms with Gasteiger partial charge in [0.15, 0.2) is 0 Å². The number of benzene rings is 10.